The Labute approximate surface area is 79.8 Å². The van der Waals surface area contributed by atoms with Gasteiger partial charge in [0.05, 0.1) is 6.07 Å². The van der Waals surface area contributed by atoms with Crippen LogP contribution in [0.3, 0.4) is 0 Å². The predicted molar refractivity (Wildman–Crippen MR) is 50.1 cm³/mol. The van der Waals surface area contributed by atoms with Crippen LogP contribution in [0.15, 0.2) is 0 Å². The third kappa shape index (κ3) is 3.31. The van der Waals surface area contributed by atoms with Gasteiger partial charge in [0.1, 0.15) is 0 Å². The average Bonchev–Trinajstić information content (AvgIpc) is 2.16. The van der Waals surface area contributed by atoms with Crippen LogP contribution in [0.4, 0.5) is 0 Å². The number of methoxy groups -OCH3 is 2. The van der Waals surface area contributed by atoms with Crippen molar-refractivity contribution >= 4 is 0 Å². The quantitative estimate of drug-likeness (QED) is 0.626. The SMILES string of the molecule is CCCNC(C)(C#N)C(OC)OC. The van der Waals surface area contributed by atoms with Gasteiger partial charge in [-0.15, -0.1) is 0 Å². The van der Waals surface area contributed by atoms with E-state index in [-0.39, 0.29) is 0 Å². The molecule has 76 valence electrons. The largest absolute Gasteiger partial charge is 0.353 e. The first-order valence-corrected chi connectivity index (χ1v) is 4.36. The Morgan fingerprint density at radius 1 is 1.46 bits per heavy atom. The molecule has 1 atom stereocenters. The van der Waals surface area contributed by atoms with Crippen molar-refractivity contribution in [2.45, 2.75) is 32.1 Å². The van der Waals surface area contributed by atoms with Gasteiger partial charge in [0.15, 0.2) is 11.8 Å². The van der Waals surface area contributed by atoms with Crippen LogP contribution in [0.5, 0.6) is 0 Å². The summed E-state index contributed by atoms with van der Waals surface area (Å²) in [4.78, 5) is 0. The number of hydrogen-bond donors (Lipinski definition) is 1. The summed E-state index contributed by atoms with van der Waals surface area (Å²) in [6.07, 6.45) is 0.432. The Kier molecular flexibility index (Phi) is 5.63. The summed E-state index contributed by atoms with van der Waals surface area (Å²) in [6.45, 7) is 4.58. The van der Waals surface area contributed by atoms with Crippen LogP contribution >= 0.6 is 0 Å². The van der Waals surface area contributed by atoms with Gasteiger partial charge in [0.2, 0.25) is 0 Å². The maximum absolute atomic E-state index is 8.97. The molecule has 0 aliphatic heterocycles. The van der Waals surface area contributed by atoms with Gasteiger partial charge in [-0.3, -0.25) is 5.32 Å². The predicted octanol–water partition coefficient (Wildman–Crippen LogP) is 0.887. The Bertz CT molecular complexity index is 175. The van der Waals surface area contributed by atoms with Gasteiger partial charge in [-0.25, -0.2) is 0 Å². The highest BCUT2D eigenvalue weighted by Crippen LogP contribution is 2.12. The molecule has 13 heavy (non-hydrogen) atoms. The zero-order chi connectivity index (χ0) is 10.3. The minimum atomic E-state index is -0.778. The smallest absolute Gasteiger partial charge is 0.188 e. The molecule has 4 nitrogen and oxygen atoms in total. The molecule has 0 amide bonds. The van der Waals surface area contributed by atoms with Crippen molar-refractivity contribution in [2.75, 3.05) is 20.8 Å². The van der Waals surface area contributed by atoms with E-state index in [0.29, 0.717) is 0 Å². The van der Waals surface area contributed by atoms with E-state index in [2.05, 4.69) is 11.4 Å². The summed E-state index contributed by atoms with van der Waals surface area (Å²) in [5.74, 6) is 0. The molecule has 0 aliphatic carbocycles. The van der Waals surface area contributed by atoms with Crippen molar-refractivity contribution in [3.8, 4) is 6.07 Å². The summed E-state index contributed by atoms with van der Waals surface area (Å²) in [6, 6.07) is 2.15. The maximum Gasteiger partial charge on any atom is 0.188 e. The molecule has 0 aromatic rings. The molecule has 0 fully saturated rings. The third-order valence-corrected chi connectivity index (χ3v) is 1.87. The fourth-order valence-electron chi connectivity index (χ4n) is 1.13. The normalized spacial score (nSPS) is 15.4. The van der Waals surface area contributed by atoms with Crippen LogP contribution in [-0.2, 0) is 9.47 Å². The van der Waals surface area contributed by atoms with Gasteiger partial charge in [-0.1, -0.05) is 6.92 Å². The highest BCUT2D eigenvalue weighted by molar-refractivity contribution is 5.06. The second-order valence-corrected chi connectivity index (χ2v) is 3.04. The first kappa shape index (κ1) is 12.4. The van der Waals surface area contributed by atoms with Gasteiger partial charge in [-0.05, 0) is 19.9 Å². The summed E-state index contributed by atoms with van der Waals surface area (Å²) in [5, 5.41) is 12.1. The van der Waals surface area contributed by atoms with Crippen LogP contribution in [0.1, 0.15) is 20.3 Å². The molecule has 0 spiro atoms. The van der Waals surface area contributed by atoms with E-state index in [0.717, 1.165) is 13.0 Å². The molecule has 0 saturated heterocycles. The second-order valence-electron chi connectivity index (χ2n) is 3.04. The molecule has 0 aromatic carbocycles. The molecule has 0 rings (SSSR count). The molecule has 1 unspecified atom stereocenters. The van der Waals surface area contributed by atoms with Crippen molar-refractivity contribution in [1.29, 1.82) is 5.26 Å². The minimum absolute atomic E-state index is 0.538. The van der Waals surface area contributed by atoms with E-state index in [4.69, 9.17) is 14.7 Å². The number of ether oxygens (including phenoxy) is 2. The van der Waals surface area contributed by atoms with Crippen molar-refractivity contribution in [3.63, 3.8) is 0 Å². The number of nitrogens with one attached hydrogen (secondary N) is 1. The molecule has 0 heterocycles. The van der Waals surface area contributed by atoms with Crippen LogP contribution < -0.4 is 5.32 Å². The fraction of sp³-hybridized carbons (Fsp3) is 0.889. The lowest BCUT2D eigenvalue weighted by atomic mass is 10.0. The first-order valence-electron chi connectivity index (χ1n) is 4.36. The van der Waals surface area contributed by atoms with Crippen molar-refractivity contribution in [3.05, 3.63) is 0 Å². The highest BCUT2D eigenvalue weighted by Gasteiger charge is 2.34. The minimum Gasteiger partial charge on any atom is -0.353 e. The summed E-state index contributed by atoms with van der Waals surface area (Å²) < 4.78 is 10.1. The lowest BCUT2D eigenvalue weighted by Crippen LogP contribution is -2.52. The van der Waals surface area contributed by atoms with E-state index in [9.17, 15) is 0 Å². The Balaban J connectivity index is 4.33. The van der Waals surface area contributed by atoms with Gasteiger partial charge < -0.3 is 9.47 Å². The fourth-order valence-corrected chi connectivity index (χ4v) is 1.13. The molecular weight excluding hydrogens is 168 g/mol. The molecule has 1 N–H and O–H groups in total. The zero-order valence-electron chi connectivity index (χ0n) is 8.76. The van der Waals surface area contributed by atoms with Gasteiger partial charge in [-0.2, -0.15) is 5.26 Å². The van der Waals surface area contributed by atoms with Crippen LogP contribution in [0.2, 0.25) is 0 Å². The molecule has 0 radical (unpaired) electrons. The van der Waals surface area contributed by atoms with E-state index < -0.39 is 11.8 Å². The molecule has 0 saturated carbocycles. The molecule has 0 aromatic heterocycles. The van der Waals surface area contributed by atoms with Crippen LogP contribution in [0, 0.1) is 11.3 Å². The molecular formula is C9H18N2O2. The molecule has 0 bridgehead atoms. The number of rotatable bonds is 6. The Morgan fingerprint density at radius 3 is 2.31 bits per heavy atom. The standard InChI is InChI=1S/C9H18N2O2/c1-5-6-11-9(2,7-10)8(12-3)13-4/h8,11H,5-6H2,1-4H3. The topological polar surface area (TPSA) is 54.3 Å². The summed E-state index contributed by atoms with van der Waals surface area (Å²) >= 11 is 0. The zero-order valence-corrected chi connectivity index (χ0v) is 8.76. The van der Waals surface area contributed by atoms with E-state index >= 15 is 0 Å². The highest BCUT2D eigenvalue weighted by atomic mass is 16.7. The summed E-state index contributed by atoms with van der Waals surface area (Å²) in [7, 11) is 3.05. The van der Waals surface area contributed by atoms with Crippen molar-refractivity contribution < 1.29 is 9.47 Å². The van der Waals surface area contributed by atoms with E-state index in [1.165, 1.54) is 14.2 Å². The van der Waals surface area contributed by atoms with Crippen LogP contribution in [0.25, 0.3) is 0 Å². The van der Waals surface area contributed by atoms with E-state index in [1.807, 2.05) is 6.92 Å². The van der Waals surface area contributed by atoms with Gasteiger partial charge in [0.25, 0.3) is 0 Å². The lowest BCUT2D eigenvalue weighted by Gasteiger charge is -2.29. The number of hydrogen-bond acceptors (Lipinski definition) is 4. The first-order chi connectivity index (χ1) is 6.14. The summed E-state index contributed by atoms with van der Waals surface area (Å²) in [5.41, 5.74) is -0.778. The van der Waals surface area contributed by atoms with Crippen LogP contribution in [-0.4, -0.2) is 32.6 Å². The Morgan fingerprint density at radius 2 is 2.00 bits per heavy atom. The third-order valence-electron chi connectivity index (χ3n) is 1.87. The van der Waals surface area contributed by atoms with E-state index in [1.54, 1.807) is 6.92 Å². The second kappa shape index (κ2) is 5.92. The van der Waals surface area contributed by atoms with Crippen molar-refractivity contribution in [1.82, 2.24) is 5.32 Å². The lowest BCUT2D eigenvalue weighted by molar-refractivity contribution is -0.137. The molecule has 4 heteroatoms. The van der Waals surface area contributed by atoms with Gasteiger partial charge >= 0.3 is 0 Å². The molecule has 0 aliphatic rings. The maximum atomic E-state index is 8.97. The van der Waals surface area contributed by atoms with Crippen molar-refractivity contribution in [2.24, 2.45) is 0 Å². The Hall–Kier alpha value is -0.630. The van der Waals surface area contributed by atoms with Gasteiger partial charge in [0, 0.05) is 14.2 Å². The number of nitrogens with zero attached hydrogens (tertiary/aromatic N) is 1. The average molecular weight is 186 g/mol. The number of nitriles is 1. The monoisotopic (exact) mass is 186 g/mol.